The summed E-state index contributed by atoms with van der Waals surface area (Å²) >= 11 is 1.11. The lowest BCUT2D eigenvalue weighted by Crippen LogP contribution is -2.39. The van der Waals surface area contributed by atoms with E-state index in [9.17, 15) is 24.0 Å². The summed E-state index contributed by atoms with van der Waals surface area (Å²) in [4.78, 5) is 59.7. The van der Waals surface area contributed by atoms with Gasteiger partial charge in [-0.1, -0.05) is 11.8 Å². The molecule has 4 atom stereocenters. The quantitative estimate of drug-likeness (QED) is 0.622. The second kappa shape index (κ2) is 9.69. The molecule has 2 rings (SSSR count). The summed E-state index contributed by atoms with van der Waals surface area (Å²) in [6.07, 6.45) is -0.825. The number of nitrogens with zero attached hydrogens (tertiary/aromatic N) is 1. The van der Waals surface area contributed by atoms with Crippen molar-refractivity contribution in [1.29, 1.82) is 0 Å². The van der Waals surface area contributed by atoms with Crippen LogP contribution >= 0.6 is 11.8 Å². The predicted octanol–water partition coefficient (Wildman–Crippen LogP) is 0.215. The molecular formula is C17H22N2O8S. The molecule has 0 spiro atoms. The average molecular weight is 414 g/mol. The zero-order chi connectivity index (χ0) is 20.8. The van der Waals surface area contributed by atoms with Crippen LogP contribution < -0.4 is 11.2 Å². The molecule has 11 heteroatoms. The van der Waals surface area contributed by atoms with E-state index in [1.54, 1.807) is 0 Å². The van der Waals surface area contributed by atoms with Gasteiger partial charge in [0.2, 0.25) is 0 Å². The van der Waals surface area contributed by atoms with E-state index in [1.807, 2.05) is 0 Å². The van der Waals surface area contributed by atoms with Gasteiger partial charge in [0.1, 0.15) is 6.61 Å². The van der Waals surface area contributed by atoms with Crippen LogP contribution in [0.5, 0.6) is 0 Å². The van der Waals surface area contributed by atoms with Crippen LogP contribution in [0.1, 0.15) is 33.4 Å². The Bertz CT molecular complexity index is 848. The van der Waals surface area contributed by atoms with Crippen molar-refractivity contribution in [2.24, 2.45) is 5.92 Å². The van der Waals surface area contributed by atoms with Crippen molar-refractivity contribution in [2.45, 2.75) is 45.6 Å². The average Bonchev–Trinajstić information content (AvgIpc) is 2.89. The Morgan fingerprint density at radius 3 is 2.50 bits per heavy atom. The first kappa shape index (κ1) is 21.9. The molecule has 2 heterocycles. The smallest absolute Gasteiger partial charge is 0.330 e. The summed E-state index contributed by atoms with van der Waals surface area (Å²) in [6.45, 7) is 3.83. The predicted molar refractivity (Wildman–Crippen MR) is 98.7 cm³/mol. The fraction of sp³-hybridized carbons (Fsp3) is 0.588. The van der Waals surface area contributed by atoms with Crippen LogP contribution in [-0.4, -0.2) is 51.2 Å². The van der Waals surface area contributed by atoms with Crippen LogP contribution in [0.25, 0.3) is 0 Å². The molecule has 10 nitrogen and oxygen atoms in total. The molecule has 1 aliphatic rings. The lowest BCUT2D eigenvalue weighted by atomic mass is 9.97. The number of rotatable bonds is 7. The fourth-order valence-corrected chi connectivity index (χ4v) is 3.62. The van der Waals surface area contributed by atoms with Crippen LogP contribution in [0.4, 0.5) is 0 Å². The van der Waals surface area contributed by atoms with Gasteiger partial charge in [0.15, 0.2) is 17.4 Å². The Hall–Kier alpha value is -2.40. The van der Waals surface area contributed by atoms with Crippen molar-refractivity contribution in [3.63, 3.8) is 0 Å². The number of thioether (sulfide) groups is 1. The van der Waals surface area contributed by atoms with E-state index in [-0.39, 0.29) is 11.7 Å². The largest absolute Gasteiger partial charge is 0.465 e. The van der Waals surface area contributed by atoms with Gasteiger partial charge in [-0.3, -0.25) is 28.7 Å². The first-order valence-corrected chi connectivity index (χ1v) is 9.58. The van der Waals surface area contributed by atoms with E-state index in [0.29, 0.717) is 12.2 Å². The Morgan fingerprint density at radius 1 is 1.21 bits per heavy atom. The second-order valence-corrected chi connectivity index (χ2v) is 7.52. The van der Waals surface area contributed by atoms with Crippen LogP contribution in [0.2, 0.25) is 0 Å². The number of carbonyl (C=O) groups excluding carboxylic acids is 3. The van der Waals surface area contributed by atoms with E-state index in [1.165, 1.54) is 27.0 Å². The van der Waals surface area contributed by atoms with Crippen LogP contribution in [-0.2, 0) is 28.6 Å². The Kier molecular flexibility index (Phi) is 7.58. The Balaban J connectivity index is 2.34. The highest BCUT2D eigenvalue weighted by Crippen LogP contribution is 2.38. The number of aromatic nitrogens is 2. The highest BCUT2D eigenvalue weighted by atomic mass is 32.2. The zero-order valence-electron chi connectivity index (χ0n) is 15.7. The van der Waals surface area contributed by atoms with Gasteiger partial charge >= 0.3 is 17.6 Å². The van der Waals surface area contributed by atoms with E-state index < -0.39 is 47.5 Å². The number of H-pyrrole nitrogens is 1. The van der Waals surface area contributed by atoms with Crippen molar-refractivity contribution in [3.8, 4) is 0 Å². The van der Waals surface area contributed by atoms with Crippen LogP contribution in [0.15, 0.2) is 21.9 Å². The number of hydrogen-bond donors (Lipinski definition) is 1. The summed E-state index contributed by atoms with van der Waals surface area (Å²) in [5, 5.41) is -0.0560. The molecule has 0 radical (unpaired) electrons. The number of aromatic amines is 1. The molecule has 1 N–H and O–H groups in total. The Morgan fingerprint density at radius 2 is 1.93 bits per heavy atom. The molecule has 4 unspecified atom stereocenters. The van der Waals surface area contributed by atoms with Crippen molar-refractivity contribution >= 4 is 28.8 Å². The number of esters is 2. The van der Waals surface area contributed by atoms with Gasteiger partial charge in [0, 0.05) is 38.8 Å². The Labute approximate surface area is 164 Å². The summed E-state index contributed by atoms with van der Waals surface area (Å²) in [6, 6.07) is 1.15. The highest BCUT2D eigenvalue weighted by molar-refractivity contribution is 8.13. The minimum absolute atomic E-state index is 0.0560. The molecule has 1 aromatic heterocycles. The lowest BCUT2D eigenvalue weighted by Gasteiger charge is -2.24. The van der Waals surface area contributed by atoms with E-state index in [0.717, 1.165) is 22.4 Å². The number of nitrogens with one attached hydrogen (secondary N) is 1. The molecule has 1 fully saturated rings. The molecule has 1 aromatic rings. The van der Waals surface area contributed by atoms with Gasteiger partial charge in [-0.15, -0.1) is 0 Å². The maximum Gasteiger partial charge on any atom is 0.330 e. The molecule has 0 saturated carbocycles. The third kappa shape index (κ3) is 5.80. The van der Waals surface area contributed by atoms with Crippen molar-refractivity contribution in [1.82, 2.24) is 9.55 Å². The molecule has 0 aliphatic carbocycles. The fourth-order valence-electron chi connectivity index (χ4n) is 2.99. The molecule has 0 amide bonds. The first-order chi connectivity index (χ1) is 13.2. The molecule has 154 valence electrons. The molecular weight excluding hydrogens is 392 g/mol. The third-order valence-electron chi connectivity index (χ3n) is 4.11. The van der Waals surface area contributed by atoms with Gasteiger partial charge < -0.3 is 14.2 Å². The topological polar surface area (TPSA) is 134 Å². The molecule has 1 aliphatic heterocycles. The SMILES string of the molecule is CC(=O)OCC1C(CCSC(C)=O)OC(n2ccc(=O)[nH]c2=O)C1OC(C)=O. The van der Waals surface area contributed by atoms with Crippen molar-refractivity contribution in [2.75, 3.05) is 12.4 Å². The number of hydrogen-bond acceptors (Lipinski definition) is 9. The normalized spacial score (nSPS) is 24.0. The van der Waals surface area contributed by atoms with Gasteiger partial charge in [0.05, 0.1) is 12.0 Å². The standard InChI is InChI=1S/C17H22N2O8S/c1-9(20)25-8-12-13(5-7-28-11(3)22)27-16(15(12)26-10(2)21)19-6-4-14(23)18-17(19)24/h4,6,12-13,15-16H,5,7-8H2,1-3H3,(H,18,23,24). The molecule has 0 aromatic carbocycles. The van der Waals surface area contributed by atoms with Gasteiger partial charge in [-0.05, 0) is 6.42 Å². The zero-order valence-corrected chi connectivity index (χ0v) is 16.5. The second-order valence-electron chi connectivity index (χ2n) is 6.25. The summed E-state index contributed by atoms with van der Waals surface area (Å²) < 4.78 is 17.6. The van der Waals surface area contributed by atoms with Crippen molar-refractivity contribution < 1.29 is 28.6 Å². The van der Waals surface area contributed by atoms with E-state index >= 15 is 0 Å². The number of ether oxygens (including phenoxy) is 3. The van der Waals surface area contributed by atoms with Crippen LogP contribution in [0, 0.1) is 5.92 Å². The van der Waals surface area contributed by atoms with Gasteiger partial charge in [0.25, 0.3) is 5.56 Å². The lowest BCUT2D eigenvalue weighted by molar-refractivity contribution is -0.155. The van der Waals surface area contributed by atoms with Crippen LogP contribution in [0.3, 0.4) is 0 Å². The first-order valence-electron chi connectivity index (χ1n) is 8.60. The monoisotopic (exact) mass is 414 g/mol. The summed E-state index contributed by atoms with van der Waals surface area (Å²) in [5.74, 6) is -1.22. The van der Waals surface area contributed by atoms with Gasteiger partial charge in [-0.2, -0.15) is 0 Å². The molecule has 0 bridgehead atoms. The maximum absolute atomic E-state index is 12.2. The van der Waals surface area contributed by atoms with E-state index in [2.05, 4.69) is 4.98 Å². The third-order valence-corrected chi connectivity index (χ3v) is 4.96. The minimum Gasteiger partial charge on any atom is -0.465 e. The molecule has 1 saturated heterocycles. The number of carbonyl (C=O) groups is 3. The van der Waals surface area contributed by atoms with Crippen molar-refractivity contribution in [3.05, 3.63) is 33.1 Å². The summed E-state index contributed by atoms with van der Waals surface area (Å²) in [5.41, 5.74) is -1.30. The molecule has 28 heavy (non-hydrogen) atoms. The maximum atomic E-state index is 12.2. The van der Waals surface area contributed by atoms with E-state index in [4.69, 9.17) is 14.2 Å². The van der Waals surface area contributed by atoms with Gasteiger partial charge in [-0.25, -0.2) is 4.79 Å². The summed E-state index contributed by atoms with van der Waals surface area (Å²) in [7, 11) is 0. The highest BCUT2D eigenvalue weighted by Gasteiger charge is 2.48. The minimum atomic E-state index is -1.01.